The molecule has 0 N–H and O–H groups in total. The van der Waals surface area contributed by atoms with Crippen LogP contribution in [0.1, 0.15) is 11.4 Å². The highest BCUT2D eigenvalue weighted by Gasteiger charge is 2.18. The Morgan fingerprint density at radius 2 is 1.92 bits per heavy atom. The summed E-state index contributed by atoms with van der Waals surface area (Å²) in [6.45, 7) is 3.50. The minimum absolute atomic E-state index is 0.647. The van der Waals surface area contributed by atoms with Crippen LogP contribution >= 0.6 is 0 Å². The van der Waals surface area contributed by atoms with Gasteiger partial charge in [-0.2, -0.15) is 12.7 Å². The molecule has 1 aromatic heterocycles. The van der Waals surface area contributed by atoms with Gasteiger partial charge in [-0.1, -0.05) is 0 Å². The first-order valence-corrected chi connectivity index (χ1v) is 5.20. The van der Waals surface area contributed by atoms with Crippen molar-refractivity contribution in [3.05, 3.63) is 17.7 Å². The van der Waals surface area contributed by atoms with E-state index >= 15 is 0 Å². The zero-order valence-electron chi connectivity index (χ0n) is 8.14. The van der Waals surface area contributed by atoms with Gasteiger partial charge in [-0.25, -0.2) is 8.96 Å². The predicted molar refractivity (Wildman–Crippen MR) is 49.7 cm³/mol. The molecule has 1 aromatic rings. The molecule has 13 heavy (non-hydrogen) atoms. The lowest BCUT2D eigenvalue weighted by Gasteiger charge is -2.12. The van der Waals surface area contributed by atoms with Crippen molar-refractivity contribution in [1.29, 1.82) is 0 Å². The molecule has 0 atom stereocenters. The monoisotopic (exact) mass is 203 g/mol. The van der Waals surface area contributed by atoms with Crippen LogP contribution in [0.3, 0.4) is 0 Å². The minimum atomic E-state index is -3.40. The molecule has 0 amide bonds. The summed E-state index contributed by atoms with van der Waals surface area (Å²) in [5, 5.41) is 0. The highest BCUT2D eigenvalue weighted by Crippen LogP contribution is 2.09. The average molecular weight is 203 g/mol. The van der Waals surface area contributed by atoms with Crippen LogP contribution in [0.5, 0.6) is 0 Å². The molecule has 0 aliphatic heterocycles. The van der Waals surface area contributed by atoms with Crippen LogP contribution in [-0.4, -0.2) is 35.8 Å². The van der Waals surface area contributed by atoms with E-state index in [0.29, 0.717) is 5.69 Å². The van der Waals surface area contributed by atoms with E-state index in [0.717, 1.165) is 10.00 Å². The number of aromatic nitrogens is 2. The molecule has 1 rings (SSSR count). The first kappa shape index (κ1) is 10.2. The Hall–Kier alpha value is -0.880. The van der Waals surface area contributed by atoms with Gasteiger partial charge in [0, 0.05) is 14.1 Å². The Kier molecular flexibility index (Phi) is 2.44. The van der Waals surface area contributed by atoms with Crippen molar-refractivity contribution in [1.82, 2.24) is 13.3 Å². The average Bonchev–Trinajstić information content (AvgIpc) is 2.33. The van der Waals surface area contributed by atoms with Gasteiger partial charge in [-0.15, -0.1) is 0 Å². The fourth-order valence-electron chi connectivity index (χ4n) is 0.887. The Morgan fingerprint density at radius 1 is 1.38 bits per heavy atom. The second kappa shape index (κ2) is 3.12. The SMILES string of the molecule is Cc1ncn(S(=O)(=O)N(C)C)c1C. The highest BCUT2D eigenvalue weighted by molar-refractivity contribution is 7.87. The molecule has 6 heteroatoms. The molecule has 0 radical (unpaired) electrons. The summed E-state index contributed by atoms with van der Waals surface area (Å²) in [4.78, 5) is 3.92. The number of hydrogen-bond acceptors (Lipinski definition) is 3. The molecule has 5 nitrogen and oxygen atoms in total. The summed E-state index contributed by atoms with van der Waals surface area (Å²) in [6.07, 6.45) is 1.32. The highest BCUT2D eigenvalue weighted by atomic mass is 32.2. The predicted octanol–water partition coefficient (Wildman–Crippen LogP) is 0.154. The Bertz CT molecular complexity index is 405. The lowest BCUT2D eigenvalue weighted by atomic mass is 10.4. The fraction of sp³-hybridized carbons (Fsp3) is 0.571. The molecule has 0 aliphatic rings. The van der Waals surface area contributed by atoms with Crippen molar-refractivity contribution in [3.8, 4) is 0 Å². The van der Waals surface area contributed by atoms with E-state index in [9.17, 15) is 8.42 Å². The third kappa shape index (κ3) is 1.59. The van der Waals surface area contributed by atoms with Crippen LogP contribution in [-0.2, 0) is 10.2 Å². The molecule has 0 saturated carbocycles. The van der Waals surface area contributed by atoms with Gasteiger partial charge in [0.2, 0.25) is 0 Å². The van der Waals surface area contributed by atoms with Crippen molar-refractivity contribution >= 4 is 10.2 Å². The number of hydrogen-bond donors (Lipinski definition) is 0. The van der Waals surface area contributed by atoms with Crippen molar-refractivity contribution in [2.24, 2.45) is 0 Å². The standard InChI is InChI=1S/C7H13N3O2S/c1-6-7(2)10(5-8-6)13(11,12)9(3)4/h5H,1-4H3. The summed E-state index contributed by atoms with van der Waals surface area (Å²) in [6, 6.07) is 0. The molecule has 0 spiro atoms. The molecule has 0 saturated heterocycles. The van der Waals surface area contributed by atoms with Crippen molar-refractivity contribution in [3.63, 3.8) is 0 Å². The Labute approximate surface area is 78.2 Å². The van der Waals surface area contributed by atoms with Gasteiger partial charge in [0.25, 0.3) is 0 Å². The van der Waals surface area contributed by atoms with Gasteiger partial charge in [0.05, 0.1) is 11.4 Å². The molecule has 0 bridgehead atoms. The smallest absolute Gasteiger partial charge is 0.241 e. The van der Waals surface area contributed by atoms with Crippen LogP contribution in [0.4, 0.5) is 0 Å². The van der Waals surface area contributed by atoms with Gasteiger partial charge in [0.1, 0.15) is 6.33 Å². The maximum atomic E-state index is 11.6. The van der Waals surface area contributed by atoms with Crippen molar-refractivity contribution < 1.29 is 8.42 Å². The second-order valence-electron chi connectivity index (χ2n) is 3.00. The molecule has 1 heterocycles. The first-order valence-electron chi connectivity index (χ1n) is 3.81. The van der Waals surface area contributed by atoms with E-state index in [1.54, 1.807) is 13.8 Å². The van der Waals surface area contributed by atoms with Crippen LogP contribution in [0.15, 0.2) is 6.33 Å². The number of nitrogens with zero attached hydrogens (tertiary/aromatic N) is 3. The molecular formula is C7H13N3O2S. The van der Waals surface area contributed by atoms with Crippen molar-refractivity contribution in [2.75, 3.05) is 14.1 Å². The lowest BCUT2D eigenvalue weighted by Crippen LogP contribution is -2.29. The molecule has 0 aromatic carbocycles. The molecular weight excluding hydrogens is 190 g/mol. The fourth-order valence-corrected chi connectivity index (χ4v) is 1.88. The molecule has 0 fully saturated rings. The van der Waals surface area contributed by atoms with E-state index in [1.807, 2.05) is 0 Å². The van der Waals surface area contributed by atoms with Gasteiger partial charge >= 0.3 is 10.2 Å². The topological polar surface area (TPSA) is 55.2 Å². The quantitative estimate of drug-likeness (QED) is 0.687. The minimum Gasteiger partial charge on any atom is -0.241 e. The normalized spacial score (nSPS) is 12.4. The Morgan fingerprint density at radius 3 is 2.23 bits per heavy atom. The molecule has 0 unspecified atom stereocenters. The van der Waals surface area contributed by atoms with E-state index in [2.05, 4.69) is 4.98 Å². The van der Waals surface area contributed by atoms with Gasteiger partial charge in [-0.05, 0) is 13.8 Å². The largest absolute Gasteiger partial charge is 0.308 e. The first-order chi connectivity index (χ1) is 5.87. The van der Waals surface area contributed by atoms with Gasteiger partial charge in [0.15, 0.2) is 0 Å². The summed E-state index contributed by atoms with van der Waals surface area (Å²) in [5.74, 6) is 0. The number of aryl methyl sites for hydroxylation is 1. The van der Waals surface area contributed by atoms with Crippen molar-refractivity contribution in [2.45, 2.75) is 13.8 Å². The van der Waals surface area contributed by atoms with E-state index in [-0.39, 0.29) is 0 Å². The van der Waals surface area contributed by atoms with Crippen LogP contribution < -0.4 is 0 Å². The third-order valence-electron chi connectivity index (χ3n) is 1.92. The van der Waals surface area contributed by atoms with Gasteiger partial charge in [-0.3, -0.25) is 0 Å². The molecule has 0 aliphatic carbocycles. The maximum absolute atomic E-state index is 11.6. The maximum Gasteiger partial charge on any atom is 0.308 e. The van der Waals surface area contributed by atoms with E-state index < -0.39 is 10.2 Å². The summed E-state index contributed by atoms with van der Waals surface area (Å²) in [7, 11) is -0.419. The number of rotatable bonds is 2. The van der Waals surface area contributed by atoms with E-state index in [4.69, 9.17) is 0 Å². The Balaban J connectivity index is 3.32. The van der Waals surface area contributed by atoms with Crippen LogP contribution in [0.25, 0.3) is 0 Å². The molecule has 74 valence electrons. The third-order valence-corrected chi connectivity index (χ3v) is 3.71. The van der Waals surface area contributed by atoms with E-state index in [1.165, 1.54) is 24.4 Å². The number of imidazole rings is 1. The summed E-state index contributed by atoms with van der Waals surface area (Å²) in [5.41, 5.74) is 1.37. The zero-order valence-corrected chi connectivity index (χ0v) is 8.96. The second-order valence-corrected chi connectivity index (χ2v) is 5.02. The lowest BCUT2D eigenvalue weighted by molar-refractivity contribution is 0.509. The van der Waals surface area contributed by atoms with Crippen LogP contribution in [0, 0.1) is 13.8 Å². The summed E-state index contributed by atoms with van der Waals surface area (Å²) < 4.78 is 25.6. The van der Waals surface area contributed by atoms with Crippen LogP contribution in [0.2, 0.25) is 0 Å². The zero-order chi connectivity index (χ0) is 10.2. The van der Waals surface area contributed by atoms with Gasteiger partial charge < -0.3 is 0 Å². The summed E-state index contributed by atoms with van der Waals surface area (Å²) >= 11 is 0.